The highest BCUT2D eigenvalue weighted by molar-refractivity contribution is 7.99. The minimum Gasteiger partial charge on any atom is -0.388 e. The molecular weight excluding hydrogens is 279 g/mol. The predicted molar refractivity (Wildman–Crippen MR) is 77.7 cm³/mol. The van der Waals surface area contributed by atoms with Crippen LogP contribution in [0.15, 0.2) is 24.5 Å². The number of nitrogens with one attached hydrogen (secondary N) is 1. The summed E-state index contributed by atoms with van der Waals surface area (Å²) in [6, 6.07) is 1.29. The van der Waals surface area contributed by atoms with E-state index >= 15 is 0 Å². The van der Waals surface area contributed by atoms with Crippen molar-refractivity contribution in [3.05, 3.63) is 35.9 Å². The van der Waals surface area contributed by atoms with Crippen LogP contribution in [-0.2, 0) is 4.79 Å². The Morgan fingerprint density at radius 2 is 2.25 bits per heavy atom. The third-order valence-corrected chi connectivity index (χ3v) is 4.15. The summed E-state index contributed by atoms with van der Waals surface area (Å²) in [5.74, 6) is 1.08. The van der Waals surface area contributed by atoms with Gasteiger partial charge in [-0.2, -0.15) is 11.8 Å². The predicted octanol–water partition coefficient (Wildman–Crippen LogP) is 1.61. The molecule has 1 aromatic rings. The van der Waals surface area contributed by atoms with Crippen molar-refractivity contribution in [2.75, 3.05) is 18.1 Å². The van der Waals surface area contributed by atoms with Crippen molar-refractivity contribution in [2.24, 2.45) is 0 Å². The second kappa shape index (κ2) is 6.85. The van der Waals surface area contributed by atoms with Gasteiger partial charge in [-0.1, -0.05) is 0 Å². The lowest BCUT2D eigenvalue weighted by Crippen LogP contribution is -2.44. The number of carbonyl (C=O) groups excluding carboxylic acids is 1. The van der Waals surface area contributed by atoms with Gasteiger partial charge < -0.3 is 10.4 Å². The molecule has 2 N–H and O–H groups in total. The van der Waals surface area contributed by atoms with Crippen molar-refractivity contribution in [1.29, 1.82) is 0 Å². The molecule has 2 rings (SSSR count). The fourth-order valence-corrected chi connectivity index (χ4v) is 3.18. The lowest BCUT2D eigenvalue weighted by molar-refractivity contribution is -0.117. The Hall–Kier alpha value is -1.40. The van der Waals surface area contributed by atoms with Crippen LogP contribution in [0.4, 0.5) is 4.39 Å². The first-order chi connectivity index (χ1) is 9.57. The molecule has 1 saturated heterocycles. The van der Waals surface area contributed by atoms with Crippen molar-refractivity contribution in [1.82, 2.24) is 10.3 Å². The van der Waals surface area contributed by atoms with Crippen molar-refractivity contribution < 1.29 is 14.3 Å². The number of carbonyl (C=O) groups is 1. The van der Waals surface area contributed by atoms with Gasteiger partial charge in [0.1, 0.15) is 5.82 Å². The molecule has 1 amide bonds. The van der Waals surface area contributed by atoms with E-state index in [1.165, 1.54) is 24.4 Å². The van der Waals surface area contributed by atoms with E-state index in [0.29, 0.717) is 18.4 Å². The van der Waals surface area contributed by atoms with Crippen LogP contribution in [0.2, 0.25) is 0 Å². The zero-order valence-corrected chi connectivity index (χ0v) is 11.8. The molecule has 6 heteroatoms. The van der Waals surface area contributed by atoms with E-state index in [9.17, 15) is 14.3 Å². The van der Waals surface area contributed by atoms with Crippen molar-refractivity contribution in [3.63, 3.8) is 0 Å². The standard InChI is InChI=1S/C14H17FN2O2S/c15-12-7-11(8-16-9-12)1-2-13(18)17-10-14(19)3-5-20-6-4-14/h1-2,7-9,19H,3-6,10H2,(H,17,18). The number of pyridine rings is 1. The molecule has 0 bridgehead atoms. The van der Waals surface area contributed by atoms with Crippen LogP contribution in [0.25, 0.3) is 6.08 Å². The molecule has 1 fully saturated rings. The normalized spacial score (nSPS) is 18.1. The summed E-state index contributed by atoms with van der Waals surface area (Å²) in [7, 11) is 0. The number of rotatable bonds is 4. The molecule has 108 valence electrons. The molecule has 1 aliphatic rings. The van der Waals surface area contributed by atoms with Crippen molar-refractivity contribution >= 4 is 23.7 Å². The van der Waals surface area contributed by atoms with Crippen LogP contribution < -0.4 is 5.32 Å². The lowest BCUT2D eigenvalue weighted by atomic mass is 9.97. The Morgan fingerprint density at radius 3 is 2.95 bits per heavy atom. The third-order valence-electron chi connectivity index (χ3n) is 3.17. The Balaban J connectivity index is 1.83. The van der Waals surface area contributed by atoms with Gasteiger partial charge in [-0.3, -0.25) is 9.78 Å². The van der Waals surface area contributed by atoms with E-state index in [1.54, 1.807) is 0 Å². The fourth-order valence-electron chi connectivity index (χ4n) is 1.93. The Morgan fingerprint density at radius 1 is 1.50 bits per heavy atom. The summed E-state index contributed by atoms with van der Waals surface area (Å²) in [5.41, 5.74) is -0.275. The lowest BCUT2D eigenvalue weighted by Gasteiger charge is -2.31. The molecular formula is C14H17FN2O2S. The van der Waals surface area contributed by atoms with Crippen molar-refractivity contribution in [3.8, 4) is 0 Å². The minimum absolute atomic E-state index is 0.248. The van der Waals surface area contributed by atoms with Gasteiger partial charge >= 0.3 is 0 Å². The Labute approximate surface area is 121 Å². The molecule has 0 saturated carbocycles. The van der Waals surface area contributed by atoms with Crippen LogP contribution in [0.3, 0.4) is 0 Å². The van der Waals surface area contributed by atoms with Crippen LogP contribution >= 0.6 is 11.8 Å². The molecule has 1 aromatic heterocycles. The second-order valence-electron chi connectivity index (χ2n) is 4.82. The first-order valence-corrected chi connectivity index (χ1v) is 7.59. The maximum absolute atomic E-state index is 12.9. The third kappa shape index (κ3) is 4.61. The van der Waals surface area contributed by atoms with Gasteiger partial charge in [0.05, 0.1) is 11.8 Å². The van der Waals surface area contributed by atoms with Crippen molar-refractivity contribution in [2.45, 2.75) is 18.4 Å². The monoisotopic (exact) mass is 296 g/mol. The fraction of sp³-hybridized carbons (Fsp3) is 0.429. The maximum Gasteiger partial charge on any atom is 0.244 e. The Bertz CT molecular complexity index is 502. The number of amides is 1. The summed E-state index contributed by atoms with van der Waals surface area (Å²) >= 11 is 1.81. The molecule has 0 radical (unpaired) electrons. The largest absolute Gasteiger partial charge is 0.388 e. The zero-order chi connectivity index (χ0) is 14.4. The van der Waals surface area contributed by atoms with Gasteiger partial charge in [-0.25, -0.2) is 4.39 Å². The summed E-state index contributed by atoms with van der Waals surface area (Å²) in [6.07, 6.45) is 6.77. The number of thioether (sulfide) groups is 1. The molecule has 2 heterocycles. The van der Waals surface area contributed by atoms with E-state index in [2.05, 4.69) is 10.3 Å². The molecule has 0 spiro atoms. The summed E-state index contributed by atoms with van der Waals surface area (Å²) in [4.78, 5) is 15.4. The highest BCUT2D eigenvalue weighted by Gasteiger charge is 2.29. The quantitative estimate of drug-likeness (QED) is 0.829. The number of hydrogen-bond donors (Lipinski definition) is 2. The number of aromatic nitrogens is 1. The van der Waals surface area contributed by atoms with E-state index in [1.807, 2.05) is 11.8 Å². The average molecular weight is 296 g/mol. The number of aliphatic hydroxyl groups is 1. The molecule has 1 aliphatic heterocycles. The van der Waals surface area contributed by atoms with Gasteiger partial charge in [0.25, 0.3) is 0 Å². The molecule has 4 nitrogen and oxygen atoms in total. The molecule has 20 heavy (non-hydrogen) atoms. The first kappa shape index (κ1) is 15.0. The maximum atomic E-state index is 12.9. The van der Waals surface area contributed by atoms with Crippen LogP contribution in [0.5, 0.6) is 0 Å². The molecule has 0 atom stereocenters. The van der Waals surface area contributed by atoms with Crippen LogP contribution in [0.1, 0.15) is 18.4 Å². The number of nitrogens with zero attached hydrogens (tertiary/aromatic N) is 1. The average Bonchev–Trinajstić information content (AvgIpc) is 2.44. The van der Waals surface area contributed by atoms with Gasteiger partial charge in [-0.15, -0.1) is 0 Å². The number of hydrogen-bond acceptors (Lipinski definition) is 4. The molecule has 0 unspecified atom stereocenters. The van der Waals surface area contributed by atoms with Gasteiger partial charge in [0.2, 0.25) is 5.91 Å². The van der Waals surface area contributed by atoms with E-state index in [0.717, 1.165) is 17.7 Å². The smallest absolute Gasteiger partial charge is 0.244 e. The van der Waals surface area contributed by atoms with E-state index in [4.69, 9.17) is 0 Å². The van der Waals surface area contributed by atoms with Gasteiger partial charge in [0.15, 0.2) is 0 Å². The SMILES string of the molecule is O=C(C=Cc1cncc(F)c1)NCC1(O)CCSCC1. The van der Waals surface area contributed by atoms with Crippen LogP contribution in [-0.4, -0.2) is 39.6 Å². The van der Waals surface area contributed by atoms with Gasteiger partial charge in [-0.05, 0) is 42.1 Å². The summed E-state index contributed by atoms with van der Waals surface area (Å²) < 4.78 is 12.9. The number of halogens is 1. The summed E-state index contributed by atoms with van der Waals surface area (Å²) in [5, 5.41) is 12.9. The van der Waals surface area contributed by atoms with E-state index < -0.39 is 11.4 Å². The van der Waals surface area contributed by atoms with Gasteiger partial charge in [0, 0.05) is 18.8 Å². The first-order valence-electron chi connectivity index (χ1n) is 6.44. The molecule has 0 aromatic carbocycles. The molecule has 0 aliphatic carbocycles. The minimum atomic E-state index is -0.796. The van der Waals surface area contributed by atoms with Crippen LogP contribution in [0, 0.1) is 5.82 Å². The zero-order valence-electron chi connectivity index (χ0n) is 11.0. The highest BCUT2D eigenvalue weighted by Crippen LogP contribution is 2.26. The topological polar surface area (TPSA) is 62.2 Å². The Kier molecular flexibility index (Phi) is 5.14. The summed E-state index contributed by atoms with van der Waals surface area (Å²) in [6.45, 7) is 0.248. The highest BCUT2D eigenvalue weighted by atomic mass is 32.2. The second-order valence-corrected chi connectivity index (χ2v) is 6.05. The van der Waals surface area contributed by atoms with E-state index in [-0.39, 0.29) is 12.5 Å².